The second-order valence-corrected chi connectivity index (χ2v) is 26.7. The molecule has 506 valence electrons. The number of hydrogen-bond donors (Lipinski definition) is 3. The minimum absolute atomic E-state index is 0.00477. The van der Waals surface area contributed by atoms with Crippen LogP contribution in [0.3, 0.4) is 0 Å². The molecule has 0 bridgehead atoms. The standard InChI is InChI=1S/C80H151NO5/c1-3-5-7-9-11-13-15-17-19-21-22-23-31-34-37-41-44-48-52-56-60-64-68-72-78(83)77(76-82)81-79(84)73-69-65-61-57-53-49-45-42-38-35-32-29-27-25-24-26-28-30-33-36-39-43-47-51-55-59-63-67-71-75-86-80(85)74-70-66-62-58-54-50-46-40-20-18-16-14-12-10-8-6-4-2/h12,14,18,20,24,26,30,33,77-78,82-83H,3-11,13,15-17,19,21-23,25,27-29,31-32,34-76H2,1-2H3,(H,81,84)/b14-12-,20-18-,26-24-,33-30-. The first-order valence-corrected chi connectivity index (χ1v) is 38.9. The number of amides is 1. The van der Waals surface area contributed by atoms with E-state index in [9.17, 15) is 19.8 Å². The van der Waals surface area contributed by atoms with E-state index in [1.165, 1.54) is 334 Å². The van der Waals surface area contributed by atoms with Crippen LogP contribution in [0.5, 0.6) is 0 Å². The number of nitrogens with one attached hydrogen (secondary N) is 1. The molecule has 0 rings (SSSR count). The average Bonchev–Trinajstić information content (AvgIpc) is 3.54. The Bertz CT molecular complexity index is 1440. The highest BCUT2D eigenvalue weighted by Crippen LogP contribution is 2.19. The van der Waals surface area contributed by atoms with Crippen molar-refractivity contribution in [1.82, 2.24) is 5.32 Å². The number of esters is 1. The molecule has 0 aromatic carbocycles. The van der Waals surface area contributed by atoms with Gasteiger partial charge in [0.2, 0.25) is 5.91 Å². The maximum atomic E-state index is 12.6. The molecular weight excluding hydrogens is 1050 g/mol. The largest absolute Gasteiger partial charge is 0.466 e. The number of unbranched alkanes of at least 4 members (excludes halogenated alkanes) is 54. The molecule has 0 heterocycles. The molecule has 0 aromatic rings. The van der Waals surface area contributed by atoms with Crippen LogP contribution in [0.2, 0.25) is 0 Å². The molecule has 0 saturated heterocycles. The molecule has 6 heteroatoms. The van der Waals surface area contributed by atoms with Gasteiger partial charge >= 0.3 is 5.97 Å². The Kier molecular flexibility index (Phi) is 73.4. The van der Waals surface area contributed by atoms with E-state index in [-0.39, 0.29) is 18.5 Å². The molecule has 3 N–H and O–H groups in total. The second kappa shape index (κ2) is 75.3. The minimum atomic E-state index is -0.667. The second-order valence-electron chi connectivity index (χ2n) is 26.7. The number of ether oxygens (including phenoxy) is 1. The molecule has 2 unspecified atom stereocenters. The third-order valence-electron chi connectivity index (χ3n) is 18.1. The van der Waals surface area contributed by atoms with Crippen molar-refractivity contribution in [3.8, 4) is 0 Å². The summed E-state index contributed by atoms with van der Waals surface area (Å²) in [4.78, 5) is 24.7. The highest BCUT2D eigenvalue weighted by molar-refractivity contribution is 5.76. The van der Waals surface area contributed by atoms with Gasteiger partial charge in [0.25, 0.3) is 0 Å². The summed E-state index contributed by atoms with van der Waals surface area (Å²) in [5.41, 5.74) is 0. The summed E-state index contributed by atoms with van der Waals surface area (Å²) < 4.78 is 5.50. The summed E-state index contributed by atoms with van der Waals surface area (Å²) in [5, 5.41) is 23.5. The summed E-state index contributed by atoms with van der Waals surface area (Å²) in [5.74, 6) is -0.0267. The van der Waals surface area contributed by atoms with Gasteiger partial charge in [-0.05, 0) is 89.9 Å². The van der Waals surface area contributed by atoms with Crippen molar-refractivity contribution < 1.29 is 24.5 Å². The van der Waals surface area contributed by atoms with Crippen molar-refractivity contribution >= 4 is 11.9 Å². The highest BCUT2D eigenvalue weighted by Gasteiger charge is 2.20. The third kappa shape index (κ3) is 70.9. The number of allylic oxidation sites excluding steroid dienone is 8. The van der Waals surface area contributed by atoms with Gasteiger partial charge in [-0.3, -0.25) is 9.59 Å². The van der Waals surface area contributed by atoms with Gasteiger partial charge in [0.05, 0.1) is 25.4 Å². The molecule has 0 aliphatic carbocycles. The van der Waals surface area contributed by atoms with Gasteiger partial charge in [-0.15, -0.1) is 0 Å². The molecule has 0 aliphatic heterocycles. The van der Waals surface area contributed by atoms with Gasteiger partial charge in [0.15, 0.2) is 0 Å². The van der Waals surface area contributed by atoms with Crippen molar-refractivity contribution in [2.24, 2.45) is 0 Å². The zero-order chi connectivity index (χ0) is 62.0. The lowest BCUT2D eigenvalue weighted by Crippen LogP contribution is -2.45. The molecule has 2 atom stereocenters. The smallest absolute Gasteiger partial charge is 0.305 e. The lowest BCUT2D eigenvalue weighted by Gasteiger charge is -2.22. The van der Waals surface area contributed by atoms with E-state index < -0.39 is 12.1 Å². The lowest BCUT2D eigenvalue weighted by atomic mass is 10.0. The van der Waals surface area contributed by atoms with Crippen LogP contribution in [0.15, 0.2) is 48.6 Å². The lowest BCUT2D eigenvalue weighted by molar-refractivity contribution is -0.143. The quantitative estimate of drug-likeness (QED) is 0.0320. The first kappa shape index (κ1) is 83.8. The molecule has 0 aliphatic rings. The van der Waals surface area contributed by atoms with Crippen LogP contribution in [0, 0.1) is 0 Å². The van der Waals surface area contributed by atoms with E-state index in [0.29, 0.717) is 25.9 Å². The van der Waals surface area contributed by atoms with Crippen molar-refractivity contribution in [3.63, 3.8) is 0 Å². The van der Waals surface area contributed by atoms with Crippen molar-refractivity contribution in [3.05, 3.63) is 48.6 Å². The molecule has 0 spiro atoms. The van der Waals surface area contributed by atoms with E-state index >= 15 is 0 Å². The maximum absolute atomic E-state index is 12.6. The Morgan fingerprint density at radius 3 is 0.907 bits per heavy atom. The van der Waals surface area contributed by atoms with Crippen LogP contribution in [-0.4, -0.2) is 47.4 Å². The molecule has 0 saturated carbocycles. The fourth-order valence-corrected chi connectivity index (χ4v) is 12.2. The van der Waals surface area contributed by atoms with Crippen LogP contribution in [-0.2, 0) is 14.3 Å². The van der Waals surface area contributed by atoms with Crippen LogP contribution < -0.4 is 5.32 Å². The third-order valence-corrected chi connectivity index (χ3v) is 18.1. The predicted molar refractivity (Wildman–Crippen MR) is 379 cm³/mol. The molecular formula is C80H151NO5. The number of rotatable bonds is 73. The maximum Gasteiger partial charge on any atom is 0.305 e. The fraction of sp³-hybridized carbons (Fsp3) is 0.875. The number of carbonyl (C=O) groups excluding carboxylic acids is 2. The normalized spacial score (nSPS) is 12.7. The van der Waals surface area contributed by atoms with Crippen LogP contribution in [0.25, 0.3) is 0 Å². The summed E-state index contributed by atoms with van der Waals surface area (Å²) in [6, 6.07) is -0.545. The van der Waals surface area contributed by atoms with Crippen LogP contribution in [0.1, 0.15) is 425 Å². The summed E-state index contributed by atoms with van der Waals surface area (Å²) in [6.45, 7) is 4.96. The molecule has 0 radical (unpaired) electrons. The summed E-state index contributed by atoms with van der Waals surface area (Å²) in [6.07, 6.45) is 99.0. The number of aliphatic hydroxyl groups excluding tert-OH is 2. The average molecular weight is 1210 g/mol. The van der Waals surface area contributed by atoms with Gasteiger partial charge in [-0.25, -0.2) is 0 Å². The summed E-state index contributed by atoms with van der Waals surface area (Å²) in [7, 11) is 0. The number of hydrogen-bond acceptors (Lipinski definition) is 5. The Morgan fingerprint density at radius 1 is 0.326 bits per heavy atom. The van der Waals surface area contributed by atoms with Crippen molar-refractivity contribution in [1.29, 1.82) is 0 Å². The number of carbonyl (C=O) groups is 2. The summed E-state index contributed by atoms with van der Waals surface area (Å²) >= 11 is 0. The predicted octanol–water partition coefficient (Wildman–Crippen LogP) is 25.6. The van der Waals surface area contributed by atoms with Crippen molar-refractivity contribution in [2.75, 3.05) is 13.2 Å². The minimum Gasteiger partial charge on any atom is -0.466 e. The van der Waals surface area contributed by atoms with E-state index in [0.717, 1.165) is 57.8 Å². The van der Waals surface area contributed by atoms with Crippen LogP contribution >= 0.6 is 0 Å². The van der Waals surface area contributed by atoms with E-state index in [1.807, 2.05) is 0 Å². The Morgan fingerprint density at radius 2 is 0.581 bits per heavy atom. The number of aliphatic hydroxyl groups is 2. The molecule has 0 fully saturated rings. The van der Waals surface area contributed by atoms with Gasteiger partial charge < -0.3 is 20.3 Å². The van der Waals surface area contributed by atoms with Gasteiger partial charge in [0, 0.05) is 12.8 Å². The van der Waals surface area contributed by atoms with Gasteiger partial charge in [0.1, 0.15) is 0 Å². The zero-order valence-electron chi connectivity index (χ0n) is 58.1. The molecule has 0 aromatic heterocycles. The van der Waals surface area contributed by atoms with E-state index in [4.69, 9.17) is 4.74 Å². The van der Waals surface area contributed by atoms with Gasteiger partial charge in [-0.2, -0.15) is 0 Å². The van der Waals surface area contributed by atoms with E-state index in [1.54, 1.807) is 0 Å². The van der Waals surface area contributed by atoms with Crippen molar-refractivity contribution in [2.45, 2.75) is 437 Å². The van der Waals surface area contributed by atoms with Gasteiger partial charge in [-0.1, -0.05) is 371 Å². The first-order chi connectivity index (χ1) is 42.5. The highest BCUT2D eigenvalue weighted by atomic mass is 16.5. The monoisotopic (exact) mass is 1210 g/mol. The Balaban J connectivity index is 3.41. The Labute approximate surface area is 537 Å². The molecule has 1 amide bonds. The van der Waals surface area contributed by atoms with Crippen LogP contribution in [0.4, 0.5) is 0 Å². The van der Waals surface area contributed by atoms with E-state index in [2.05, 4.69) is 67.8 Å². The Hall–Kier alpha value is -2.18. The fourth-order valence-electron chi connectivity index (χ4n) is 12.2. The molecule has 86 heavy (non-hydrogen) atoms. The first-order valence-electron chi connectivity index (χ1n) is 38.9. The SMILES string of the molecule is CCCCC/C=C\C/C=C\CCCCCCCCCC(=O)OCCCCCCCCCCC/C=C\C/C=C\CCCCCCCCCCCCCCCC(=O)NC(CO)C(O)CCCCCCCCCCCCCCCCCCCCCCCCC. The zero-order valence-corrected chi connectivity index (χ0v) is 58.1. The molecule has 6 nitrogen and oxygen atoms in total. The topological polar surface area (TPSA) is 95.9 Å².